The Labute approximate surface area is 70.8 Å². The summed E-state index contributed by atoms with van der Waals surface area (Å²) in [7, 11) is 1.37. The number of hydrogen-bond acceptors (Lipinski definition) is 3. The van der Waals surface area contributed by atoms with E-state index < -0.39 is 11.7 Å². The Kier molecular flexibility index (Phi) is 2.30. The summed E-state index contributed by atoms with van der Waals surface area (Å²) in [6.07, 6.45) is 6.48. The van der Waals surface area contributed by atoms with Gasteiger partial charge in [-0.3, -0.25) is 5.41 Å². The molecule has 0 fully saturated rings. The Hall–Kier alpha value is -1.13. The number of rotatable bonds is 2. The molecule has 0 aromatic heterocycles. The van der Waals surface area contributed by atoms with Crippen molar-refractivity contribution in [3.63, 3.8) is 0 Å². The third-order valence-electron chi connectivity index (χ3n) is 1.86. The van der Waals surface area contributed by atoms with Crippen molar-refractivity contribution in [3.8, 4) is 0 Å². The molecule has 0 saturated heterocycles. The molecule has 4 N–H and O–H groups in total. The predicted molar refractivity (Wildman–Crippen MR) is 45.6 cm³/mol. The Bertz CT molecular complexity index is 247. The minimum absolute atomic E-state index is 0.111. The lowest BCUT2D eigenvalue weighted by molar-refractivity contribution is -0.159. The van der Waals surface area contributed by atoms with Gasteiger partial charge in [-0.1, -0.05) is 18.2 Å². The number of hydrogen-bond donors (Lipinski definition) is 3. The minimum atomic E-state index is -1.46. The van der Waals surface area contributed by atoms with Gasteiger partial charge in [0.2, 0.25) is 0 Å². The monoisotopic (exact) mass is 168 g/mol. The second kappa shape index (κ2) is 3.08. The van der Waals surface area contributed by atoms with Crippen molar-refractivity contribution in [2.45, 2.75) is 5.79 Å². The van der Waals surface area contributed by atoms with Crippen LogP contribution in [-0.4, -0.2) is 23.8 Å². The summed E-state index contributed by atoms with van der Waals surface area (Å²) in [6, 6.07) is 0. The molecule has 0 heterocycles. The Morgan fingerprint density at radius 2 is 2.33 bits per heavy atom. The van der Waals surface area contributed by atoms with E-state index in [0.29, 0.717) is 0 Å². The summed E-state index contributed by atoms with van der Waals surface area (Å²) in [5.74, 6) is -2.16. The van der Waals surface area contributed by atoms with E-state index in [4.69, 9.17) is 15.9 Å². The summed E-state index contributed by atoms with van der Waals surface area (Å²) in [5, 5.41) is 16.9. The van der Waals surface area contributed by atoms with Gasteiger partial charge >= 0.3 is 0 Å². The fourth-order valence-electron chi connectivity index (χ4n) is 1.13. The third-order valence-corrected chi connectivity index (χ3v) is 1.86. The highest BCUT2D eigenvalue weighted by molar-refractivity contribution is 5.83. The van der Waals surface area contributed by atoms with E-state index in [1.54, 1.807) is 18.2 Å². The van der Waals surface area contributed by atoms with Gasteiger partial charge in [0.25, 0.3) is 0 Å². The van der Waals surface area contributed by atoms with Crippen molar-refractivity contribution in [2.75, 3.05) is 7.11 Å². The first-order valence-corrected chi connectivity index (χ1v) is 3.57. The second-order valence-corrected chi connectivity index (χ2v) is 2.63. The van der Waals surface area contributed by atoms with Crippen LogP contribution in [0, 0.1) is 11.3 Å². The summed E-state index contributed by atoms with van der Waals surface area (Å²) < 4.78 is 4.85. The Morgan fingerprint density at radius 3 is 2.75 bits per heavy atom. The number of nitrogens with two attached hydrogens (primary N) is 1. The fourth-order valence-corrected chi connectivity index (χ4v) is 1.13. The van der Waals surface area contributed by atoms with Crippen LogP contribution >= 0.6 is 0 Å². The molecule has 0 saturated carbocycles. The van der Waals surface area contributed by atoms with Gasteiger partial charge < -0.3 is 15.6 Å². The van der Waals surface area contributed by atoms with Gasteiger partial charge in [-0.05, 0) is 6.08 Å². The van der Waals surface area contributed by atoms with Gasteiger partial charge in [-0.15, -0.1) is 0 Å². The smallest absolute Gasteiger partial charge is 0.198 e. The molecule has 1 aliphatic carbocycles. The molecule has 1 rings (SSSR count). The van der Waals surface area contributed by atoms with E-state index in [2.05, 4.69) is 0 Å². The highest BCUT2D eigenvalue weighted by atomic mass is 16.6. The molecular weight excluding hydrogens is 156 g/mol. The van der Waals surface area contributed by atoms with Crippen molar-refractivity contribution >= 4 is 5.84 Å². The number of allylic oxidation sites excluding steroid dienone is 2. The zero-order valence-corrected chi connectivity index (χ0v) is 6.82. The van der Waals surface area contributed by atoms with Gasteiger partial charge in [0.1, 0.15) is 5.84 Å². The molecule has 0 amide bonds. The first kappa shape index (κ1) is 8.96. The largest absolute Gasteiger partial charge is 0.387 e. The SMILES string of the molecule is COC1(O)C=CC=CC1C(=N)N. The number of aliphatic hydroxyl groups is 1. The van der Waals surface area contributed by atoms with Crippen LogP contribution in [0.3, 0.4) is 0 Å². The molecule has 4 heteroatoms. The van der Waals surface area contributed by atoms with Crippen LogP contribution in [0.5, 0.6) is 0 Å². The topological polar surface area (TPSA) is 79.3 Å². The average Bonchev–Trinajstić information content (AvgIpc) is 2.05. The maximum Gasteiger partial charge on any atom is 0.198 e. The van der Waals surface area contributed by atoms with Crippen LogP contribution in [0.25, 0.3) is 0 Å². The van der Waals surface area contributed by atoms with Crippen molar-refractivity contribution < 1.29 is 9.84 Å². The van der Waals surface area contributed by atoms with Crippen LogP contribution in [0.4, 0.5) is 0 Å². The second-order valence-electron chi connectivity index (χ2n) is 2.63. The van der Waals surface area contributed by atoms with Gasteiger partial charge in [0.05, 0.1) is 5.92 Å². The molecule has 0 aliphatic heterocycles. The van der Waals surface area contributed by atoms with Crippen LogP contribution in [0.2, 0.25) is 0 Å². The van der Waals surface area contributed by atoms with Gasteiger partial charge in [-0.2, -0.15) is 0 Å². The van der Waals surface area contributed by atoms with Crippen LogP contribution in [0.1, 0.15) is 0 Å². The first-order valence-electron chi connectivity index (χ1n) is 3.57. The molecule has 2 unspecified atom stereocenters. The minimum Gasteiger partial charge on any atom is -0.387 e. The average molecular weight is 168 g/mol. The maximum absolute atomic E-state index is 9.73. The molecule has 0 aromatic carbocycles. The summed E-state index contributed by atoms with van der Waals surface area (Å²) >= 11 is 0. The Balaban J connectivity index is 2.92. The molecule has 0 spiro atoms. The molecular formula is C8H12N2O2. The van der Waals surface area contributed by atoms with Crippen molar-refractivity contribution in [1.29, 1.82) is 5.41 Å². The van der Waals surface area contributed by atoms with E-state index in [0.717, 1.165) is 0 Å². The molecule has 12 heavy (non-hydrogen) atoms. The predicted octanol–water partition coefficient (Wildman–Crippen LogP) is -0.000430. The van der Waals surface area contributed by atoms with E-state index in [1.165, 1.54) is 13.2 Å². The lowest BCUT2D eigenvalue weighted by Crippen LogP contribution is -2.44. The third kappa shape index (κ3) is 1.39. The lowest BCUT2D eigenvalue weighted by Gasteiger charge is -2.30. The van der Waals surface area contributed by atoms with Gasteiger partial charge in [0, 0.05) is 7.11 Å². The van der Waals surface area contributed by atoms with Crippen LogP contribution in [0.15, 0.2) is 24.3 Å². The summed E-state index contributed by atoms with van der Waals surface area (Å²) in [4.78, 5) is 0. The number of methoxy groups -OCH3 is 1. The zero-order chi connectivity index (χ0) is 9.19. The zero-order valence-electron chi connectivity index (χ0n) is 6.82. The molecule has 66 valence electrons. The molecule has 0 bridgehead atoms. The molecule has 2 atom stereocenters. The summed E-state index contributed by atoms with van der Waals surface area (Å²) in [6.45, 7) is 0. The van der Waals surface area contributed by atoms with Gasteiger partial charge in [0.15, 0.2) is 5.79 Å². The van der Waals surface area contributed by atoms with Crippen molar-refractivity contribution in [1.82, 2.24) is 0 Å². The summed E-state index contributed by atoms with van der Waals surface area (Å²) in [5.41, 5.74) is 5.28. The highest BCUT2D eigenvalue weighted by Crippen LogP contribution is 2.24. The van der Waals surface area contributed by atoms with Crippen LogP contribution in [-0.2, 0) is 4.74 Å². The molecule has 4 nitrogen and oxygen atoms in total. The standard InChI is InChI=1S/C8H12N2O2/c1-12-8(11)5-3-2-4-6(8)7(9)10/h2-6,11H,1H3,(H3,9,10). The quantitative estimate of drug-likeness (QED) is 0.308. The molecule has 1 aliphatic rings. The van der Waals surface area contributed by atoms with E-state index in [1.807, 2.05) is 0 Å². The fraction of sp³-hybridized carbons (Fsp3) is 0.375. The molecule has 0 aromatic rings. The van der Waals surface area contributed by atoms with Gasteiger partial charge in [-0.25, -0.2) is 0 Å². The molecule has 0 radical (unpaired) electrons. The first-order chi connectivity index (χ1) is 5.60. The van der Waals surface area contributed by atoms with Crippen LogP contribution < -0.4 is 5.73 Å². The lowest BCUT2D eigenvalue weighted by atomic mass is 9.93. The van der Waals surface area contributed by atoms with Crippen molar-refractivity contribution in [3.05, 3.63) is 24.3 Å². The maximum atomic E-state index is 9.73. The normalized spacial score (nSPS) is 33.7. The number of ether oxygens (including phenoxy) is 1. The van der Waals surface area contributed by atoms with Crippen molar-refractivity contribution in [2.24, 2.45) is 11.7 Å². The van der Waals surface area contributed by atoms with E-state index in [9.17, 15) is 5.11 Å². The number of amidine groups is 1. The van der Waals surface area contributed by atoms with E-state index >= 15 is 0 Å². The highest BCUT2D eigenvalue weighted by Gasteiger charge is 2.35. The Morgan fingerprint density at radius 1 is 1.67 bits per heavy atom. The number of nitrogens with one attached hydrogen (secondary N) is 1. The van der Waals surface area contributed by atoms with E-state index in [-0.39, 0.29) is 5.84 Å².